The lowest BCUT2D eigenvalue weighted by Crippen LogP contribution is -2.34. The van der Waals surface area contributed by atoms with E-state index >= 15 is 0 Å². The number of alkyl halides is 1. The highest BCUT2D eigenvalue weighted by Gasteiger charge is 2.16. The summed E-state index contributed by atoms with van der Waals surface area (Å²) in [5.74, 6) is 0.827. The number of unbranched alkanes of at least 4 members (excludes halogenated alkanes) is 2. The van der Waals surface area contributed by atoms with Crippen LogP contribution in [-0.4, -0.2) is 30.4 Å². The molecule has 1 fully saturated rings. The van der Waals surface area contributed by atoms with Crippen LogP contribution < -0.4 is 0 Å². The lowest BCUT2D eigenvalue weighted by atomic mass is 9.94. The summed E-state index contributed by atoms with van der Waals surface area (Å²) in [5.41, 5.74) is 0. The smallest absolute Gasteiger partial charge is 0.0223 e. The fourth-order valence-corrected chi connectivity index (χ4v) is 2.53. The van der Waals surface area contributed by atoms with Crippen molar-refractivity contribution in [2.45, 2.75) is 57.4 Å². The van der Waals surface area contributed by atoms with Crippen molar-refractivity contribution in [3.63, 3.8) is 0 Å². The molecule has 0 saturated heterocycles. The van der Waals surface area contributed by atoms with Gasteiger partial charge in [-0.05, 0) is 39.3 Å². The molecule has 2 heteroatoms. The first-order valence-corrected chi connectivity index (χ1v) is 6.64. The second-order valence-electron chi connectivity index (χ2n) is 4.52. The Balaban J connectivity index is 2.04. The molecule has 1 saturated carbocycles. The maximum Gasteiger partial charge on any atom is 0.0223 e. The minimum atomic E-state index is 0.827. The minimum absolute atomic E-state index is 0.827. The molecule has 1 aliphatic carbocycles. The summed E-state index contributed by atoms with van der Waals surface area (Å²) >= 11 is 5.65. The molecular weight excluding hydrogens is 194 g/mol. The first-order valence-electron chi connectivity index (χ1n) is 6.11. The molecule has 0 amide bonds. The first kappa shape index (κ1) is 12.3. The zero-order valence-electron chi connectivity index (χ0n) is 9.47. The minimum Gasteiger partial charge on any atom is -0.303 e. The van der Waals surface area contributed by atoms with Gasteiger partial charge in [-0.1, -0.05) is 25.7 Å². The highest BCUT2D eigenvalue weighted by molar-refractivity contribution is 6.17. The Morgan fingerprint density at radius 2 is 1.79 bits per heavy atom. The summed E-state index contributed by atoms with van der Waals surface area (Å²) in [4.78, 5) is 2.56. The monoisotopic (exact) mass is 217 g/mol. The van der Waals surface area contributed by atoms with Gasteiger partial charge in [0.05, 0.1) is 0 Å². The zero-order valence-corrected chi connectivity index (χ0v) is 10.2. The summed E-state index contributed by atoms with van der Waals surface area (Å²) < 4.78 is 0. The third-order valence-electron chi connectivity index (χ3n) is 3.34. The standard InChI is InChI=1S/C12H24ClN/c1-14(11-7-3-6-10-13)12-8-4-2-5-9-12/h12H,2-11H2,1H3. The molecule has 0 aromatic carbocycles. The molecule has 0 atom stereocenters. The van der Waals surface area contributed by atoms with Gasteiger partial charge in [0.1, 0.15) is 0 Å². The van der Waals surface area contributed by atoms with Crippen molar-refractivity contribution >= 4 is 11.6 Å². The number of nitrogens with zero attached hydrogens (tertiary/aromatic N) is 1. The van der Waals surface area contributed by atoms with Crippen molar-refractivity contribution in [1.82, 2.24) is 4.90 Å². The highest BCUT2D eigenvalue weighted by Crippen LogP contribution is 2.21. The molecular formula is C12H24ClN. The number of halogens is 1. The molecule has 0 radical (unpaired) electrons. The molecule has 0 bridgehead atoms. The van der Waals surface area contributed by atoms with Gasteiger partial charge in [-0.2, -0.15) is 0 Å². The van der Waals surface area contributed by atoms with Crippen LogP contribution in [0.3, 0.4) is 0 Å². The Morgan fingerprint density at radius 3 is 2.43 bits per heavy atom. The van der Waals surface area contributed by atoms with Gasteiger partial charge in [0, 0.05) is 11.9 Å². The van der Waals surface area contributed by atoms with Crippen LogP contribution in [0.5, 0.6) is 0 Å². The predicted molar refractivity (Wildman–Crippen MR) is 64.1 cm³/mol. The molecule has 0 spiro atoms. The van der Waals surface area contributed by atoms with Gasteiger partial charge in [0.25, 0.3) is 0 Å². The second kappa shape index (κ2) is 7.53. The summed E-state index contributed by atoms with van der Waals surface area (Å²) in [6.45, 7) is 1.27. The summed E-state index contributed by atoms with van der Waals surface area (Å²) in [6.07, 6.45) is 11.0. The average Bonchev–Trinajstić information content (AvgIpc) is 2.25. The van der Waals surface area contributed by atoms with Crippen LogP contribution in [0, 0.1) is 0 Å². The zero-order chi connectivity index (χ0) is 10.2. The van der Waals surface area contributed by atoms with Gasteiger partial charge in [0.15, 0.2) is 0 Å². The van der Waals surface area contributed by atoms with Crippen LogP contribution in [-0.2, 0) is 0 Å². The van der Waals surface area contributed by atoms with E-state index in [0.717, 1.165) is 11.9 Å². The van der Waals surface area contributed by atoms with Gasteiger partial charge in [-0.3, -0.25) is 0 Å². The largest absolute Gasteiger partial charge is 0.303 e. The van der Waals surface area contributed by atoms with Gasteiger partial charge >= 0.3 is 0 Å². The molecule has 0 aromatic heterocycles. The predicted octanol–water partition coefficient (Wildman–Crippen LogP) is 3.66. The average molecular weight is 218 g/mol. The molecule has 0 heterocycles. The van der Waals surface area contributed by atoms with E-state index in [0.29, 0.717) is 0 Å². The van der Waals surface area contributed by atoms with Crippen LogP contribution >= 0.6 is 11.6 Å². The molecule has 0 unspecified atom stereocenters. The van der Waals surface area contributed by atoms with E-state index in [1.54, 1.807) is 0 Å². The summed E-state index contributed by atoms with van der Waals surface area (Å²) in [5, 5.41) is 0. The Labute approximate surface area is 93.8 Å². The second-order valence-corrected chi connectivity index (χ2v) is 4.90. The van der Waals surface area contributed by atoms with Gasteiger partial charge < -0.3 is 4.90 Å². The van der Waals surface area contributed by atoms with Crippen LogP contribution in [0.15, 0.2) is 0 Å². The molecule has 1 nitrogen and oxygen atoms in total. The third kappa shape index (κ3) is 4.65. The summed E-state index contributed by atoms with van der Waals surface area (Å²) in [6, 6.07) is 0.875. The molecule has 1 rings (SSSR count). The van der Waals surface area contributed by atoms with Gasteiger partial charge in [-0.25, -0.2) is 0 Å². The number of hydrogen-bond donors (Lipinski definition) is 0. The molecule has 14 heavy (non-hydrogen) atoms. The number of rotatable bonds is 6. The summed E-state index contributed by atoms with van der Waals surface area (Å²) in [7, 11) is 2.29. The topological polar surface area (TPSA) is 3.24 Å². The Morgan fingerprint density at radius 1 is 1.07 bits per heavy atom. The highest BCUT2D eigenvalue weighted by atomic mass is 35.5. The van der Waals surface area contributed by atoms with Crippen LogP contribution in [0.2, 0.25) is 0 Å². The lowest BCUT2D eigenvalue weighted by molar-refractivity contribution is 0.189. The number of hydrogen-bond acceptors (Lipinski definition) is 1. The first-order chi connectivity index (χ1) is 6.84. The van der Waals surface area contributed by atoms with Crippen molar-refractivity contribution in [2.75, 3.05) is 19.5 Å². The van der Waals surface area contributed by atoms with E-state index in [9.17, 15) is 0 Å². The van der Waals surface area contributed by atoms with E-state index < -0.39 is 0 Å². The Bertz CT molecular complexity index is 132. The Hall–Kier alpha value is 0.250. The maximum atomic E-state index is 5.65. The third-order valence-corrected chi connectivity index (χ3v) is 3.61. The van der Waals surface area contributed by atoms with E-state index in [4.69, 9.17) is 11.6 Å². The Kier molecular flexibility index (Phi) is 6.63. The molecule has 0 aromatic rings. The molecule has 0 aliphatic heterocycles. The van der Waals surface area contributed by atoms with Crippen molar-refractivity contribution in [1.29, 1.82) is 0 Å². The van der Waals surface area contributed by atoms with Crippen molar-refractivity contribution in [3.05, 3.63) is 0 Å². The quantitative estimate of drug-likeness (QED) is 0.485. The van der Waals surface area contributed by atoms with Crippen LogP contribution in [0.25, 0.3) is 0 Å². The van der Waals surface area contributed by atoms with E-state index in [2.05, 4.69) is 11.9 Å². The van der Waals surface area contributed by atoms with E-state index in [1.807, 2.05) is 0 Å². The SMILES string of the molecule is CN(CCCCCCl)C1CCCCC1. The fourth-order valence-electron chi connectivity index (χ4n) is 2.34. The van der Waals surface area contributed by atoms with E-state index in [-0.39, 0.29) is 0 Å². The normalized spacial score (nSPS) is 19.1. The van der Waals surface area contributed by atoms with Crippen LogP contribution in [0.4, 0.5) is 0 Å². The fraction of sp³-hybridized carbons (Fsp3) is 1.00. The van der Waals surface area contributed by atoms with Crippen molar-refractivity contribution in [3.8, 4) is 0 Å². The van der Waals surface area contributed by atoms with Crippen LogP contribution in [0.1, 0.15) is 51.4 Å². The van der Waals surface area contributed by atoms with Crippen molar-refractivity contribution in [2.24, 2.45) is 0 Å². The molecule has 84 valence electrons. The molecule has 1 aliphatic rings. The van der Waals surface area contributed by atoms with Gasteiger partial charge in [0.2, 0.25) is 0 Å². The van der Waals surface area contributed by atoms with Crippen molar-refractivity contribution < 1.29 is 0 Å². The lowest BCUT2D eigenvalue weighted by Gasteiger charge is -2.31. The van der Waals surface area contributed by atoms with Gasteiger partial charge in [-0.15, -0.1) is 11.6 Å². The molecule has 0 N–H and O–H groups in total. The van der Waals surface area contributed by atoms with E-state index in [1.165, 1.54) is 57.9 Å². The maximum absolute atomic E-state index is 5.65.